The van der Waals surface area contributed by atoms with Crippen molar-refractivity contribution in [2.24, 2.45) is 0 Å². The van der Waals surface area contributed by atoms with E-state index in [0.717, 1.165) is 7.11 Å². The number of carbonyl (C=O) groups excluding carboxylic acids is 2. The molecule has 0 aliphatic heterocycles. The van der Waals surface area contributed by atoms with Gasteiger partial charge in [-0.25, -0.2) is 18.4 Å². The van der Waals surface area contributed by atoms with Gasteiger partial charge in [0.1, 0.15) is 11.6 Å². The summed E-state index contributed by atoms with van der Waals surface area (Å²) in [5, 5.41) is 2.21. The molecule has 0 aromatic carbocycles. The number of hydrogen-bond acceptors (Lipinski definition) is 4. The fraction of sp³-hybridized carbons (Fsp3) is 0.818. The molecule has 0 aromatic heterocycles. The molecule has 0 saturated carbocycles. The van der Waals surface area contributed by atoms with Gasteiger partial charge in [-0.3, -0.25) is 0 Å². The van der Waals surface area contributed by atoms with Gasteiger partial charge < -0.3 is 14.8 Å². The normalized spacial score (nSPS) is 13.1. The zero-order valence-electron chi connectivity index (χ0n) is 11.0. The number of nitrogens with one attached hydrogen (secondary N) is 1. The summed E-state index contributed by atoms with van der Waals surface area (Å²) >= 11 is 0. The summed E-state index contributed by atoms with van der Waals surface area (Å²) in [6.07, 6.45) is -4.09. The van der Waals surface area contributed by atoms with Gasteiger partial charge in [0.2, 0.25) is 6.43 Å². The molecule has 106 valence electrons. The number of hydrogen-bond donors (Lipinski definition) is 1. The van der Waals surface area contributed by atoms with Crippen molar-refractivity contribution >= 4 is 12.1 Å². The minimum Gasteiger partial charge on any atom is -0.467 e. The quantitative estimate of drug-likeness (QED) is 0.775. The predicted octanol–water partition coefficient (Wildman–Crippen LogP) is 2.10. The van der Waals surface area contributed by atoms with Gasteiger partial charge in [-0.05, 0) is 27.2 Å². The topological polar surface area (TPSA) is 64.6 Å². The van der Waals surface area contributed by atoms with Crippen molar-refractivity contribution in [1.29, 1.82) is 0 Å². The van der Waals surface area contributed by atoms with Crippen LogP contribution < -0.4 is 5.32 Å². The summed E-state index contributed by atoms with van der Waals surface area (Å²) in [4.78, 5) is 22.7. The molecule has 1 N–H and O–H groups in total. The maximum atomic E-state index is 12.1. The Kier molecular flexibility index (Phi) is 6.57. The Bertz CT molecular complexity index is 289. The molecule has 0 aromatic rings. The lowest BCUT2D eigenvalue weighted by Gasteiger charge is -2.22. The summed E-state index contributed by atoms with van der Waals surface area (Å²) in [5.74, 6) is -0.776. The molecule has 0 saturated heterocycles. The number of esters is 1. The minimum atomic E-state index is -2.54. The smallest absolute Gasteiger partial charge is 0.408 e. The largest absolute Gasteiger partial charge is 0.467 e. The van der Waals surface area contributed by atoms with E-state index < -0.39 is 36.6 Å². The summed E-state index contributed by atoms with van der Waals surface area (Å²) in [7, 11) is 1.12. The van der Waals surface area contributed by atoms with Crippen molar-refractivity contribution in [2.75, 3.05) is 7.11 Å². The molecule has 18 heavy (non-hydrogen) atoms. The number of rotatable bonds is 5. The van der Waals surface area contributed by atoms with Crippen LogP contribution in [0.1, 0.15) is 33.6 Å². The Morgan fingerprint density at radius 2 is 1.78 bits per heavy atom. The van der Waals surface area contributed by atoms with E-state index >= 15 is 0 Å². The van der Waals surface area contributed by atoms with E-state index in [1.165, 1.54) is 0 Å². The third kappa shape index (κ3) is 7.81. The van der Waals surface area contributed by atoms with E-state index in [9.17, 15) is 18.4 Å². The highest BCUT2D eigenvalue weighted by molar-refractivity contribution is 5.81. The monoisotopic (exact) mass is 267 g/mol. The SMILES string of the molecule is COC(=O)[C@H](CCC(F)F)NC(=O)OC(C)(C)C. The van der Waals surface area contributed by atoms with E-state index in [4.69, 9.17) is 4.74 Å². The van der Waals surface area contributed by atoms with Gasteiger partial charge in [0, 0.05) is 6.42 Å². The van der Waals surface area contributed by atoms with E-state index in [1.807, 2.05) is 0 Å². The van der Waals surface area contributed by atoms with Gasteiger partial charge in [-0.2, -0.15) is 0 Å². The lowest BCUT2D eigenvalue weighted by molar-refractivity contribution is -0.143. The average Bonchev–Trinajstić information content (AvgIpc) is 2.20. The first-order valence-corrected chi connectivity index (χ1v) is 5.51. The van der Waals surface area contributed by atoms with Crippen molar-refractivity contribution in [1.82, 2.24) is 5.32 Å². The van der Waals surface area contributed by atoms with Crippen LogP contribution in [-0.4, -0.2) is 37.2 Å². The number of ether oxygens (including phenoxy) is 2. The molecule has 0 fully saturated rings. The number of alkyl carbamates (subject to hydrolysis) is 1. The zero-order valence-corrected chi connectivity index (χ0v) is 11.0. The second kappa shape index (κ2) is 7.13. The van der Waals surface area contributed by atoms with Crippen molar-refractivity contribution in [3.05, 3.63) is 0 Å². The predicted molar refractivity (Wildman–Crippen MR) is 60.4 cm³/mol. The summed E-state index contributed by atoms with van der Waals surface area (Å²) < 4.78 is 33.5. The highest BCUT2D eigenvalue weighted by Crippen LogP contribution is 2.10. The van der Waals surface area contributed by atoms with Crippen LogP contribution in [0, 0.1) is 0 Å². The van der Waals surface area contributed by atoms with E-state index in [-0.39, 0.29) is 6.42 Å². The Balaban J connectivity index is 4.40. The fourth-order valence-corrected chi connectivity index (χ4v) is 1.13. The third-order valence-corrected chi connectivity index (χ3v) is 1.85. The summed E-state index contributed by atoms with van der Waals surface area (Å²) in [5.41, 5.74) is -0.729. The maximum Gasteiger partial charge on any atom is 0.408 e. The molecular weight excluding hydrogens is 248 g/mol. The Labute approximate surface area is 105 Å². The van der Waals surface area contributed by atoms with E-state index in [1.54, 1.807) is 20.8 Å². The lowest BCUT2D eigenvalue weighted by atomic mass is 10.1. The van der Waals surface area contributed by atoms with Gasteiger partial charge in [-0.1, -0.05) is 0 Å². The van der Waals surface area contributed by atoms with Crippen LogP contribution in [0.4, 0.5) is 13.6 Å². The first kappa shape index (κ1) is 16.6. The number of amides is 1. The maximum absolute atomic E-state index is 12.1. The zero-order chi connectivity index (χ0) is 14.3. The molecule has 0 rings (SSSR count). The lowest BCUT2D eigenvalue weighted by Crippen LogP contribution is -2.44. The van der Waals surface area contributed by atoms with Crippen molar-refractivity contribution in [3.63, 3.8) is 0 Å². The van der Waals surface area contributed by atoms with Crippen LogP contribution in [0.5, 0.6) is 0 Å². The van der Waals surface area contributed by atoms with E-state index in [2.05, 4.69) is 10.1 Å². The first-order valence-electron chi connectivity index (χ1n) is 5.51. The van der Waals surface area contributed by atoms with Gasteiger partial charge in [0.05, 0.1) is 7.11 Å². The van der Waals surface area contributed by atoms with Gasteiger partial charge in [0.25, 0.3) is 0 Å². The van der Waals surface area contributed by atoms with Crippen molar-refractivity contribution in [3.8, 4) is 0 Å². The second-order valence-electron chi connectivity index (χ2n) is 4.69. The van der Waals surface area contributed by atoms with Crippen LogP contribution >= 0.6 is 0 Å². The first-order chi connectivity index (χ1) is 8.15. The van der Waals surface area contributed by atoms with Gasteiger partial charge in [0.15, 0.2) is 0 Å². The fourth-order valence-electron chi connectivity index (χ4n) is 1.13. The molecule has 0 unspecified atom stereocenters. The molecule has 5 nitrogen and oxygen atoms in total. The Morgan fingerprint density at radius 1 is 1.22 bits per heavy atom. The third-order valence-electron chi connectivity index (χ3n) is 1.85. The van der Waals surface area contributed by atoms with E-state index in [0.29, 0.717) is 0 Å². The second-order valence-corrected chi connectivity index (χ2v) is 4.69. The molecule has 1 amide bonds. The highest BCUT2D eigenvalue weighted by atomic mass is 19.3. The van der Waals surface area contributed by atoms with Gasteiger partial charge in [-0.15, -0.1) is 0 Å². The standard InChI is InChI=1S/C11H19F2NO4/c1-11(2,3)18-10(16)14-7(9(15)17-4)5-6-8(12)13/h7-8H,5-6H2,1-4H3,(H,14,16)/t7-/m0/s1. The molecule has 0 heterocycles. The molecule has 0 bridgehead atoms. The molecule has 7 heteroatoms. The van der Waals surface area contributed by atoms with Crippen molar-refractivity contribution < 1.29 is 27.8 Å². The number of halogens is 2. The minimum absolute atomic E-state index is 0.205. The van der Waals surface area contributed by atoms with Crippen LogP contribution in [0.3, 0.4) is 0 Å². The van der Waals surface area contributed by atoms with Crippen LogP contribution in [0.25, 0.3) is 0 Å². The van der Waals surface area contributed by atoms with Crippen LogP contribution in [0.2, 0.25) is 0 Å². The highest BCUT2D eigenvalue weighted by Gasteiger charge is 2.25. The molecule has 0 aliphatic carbocycles. The van der Waals surface area contributed by atoms with Crippen LogP contribution in [0.15, 0.2) is 0 Å². The molecule has 0 radical (unpaired) electrons. The molecule has 1 atom stereocenters. The number of alkyl halides is 2. The average molecular weight is 267 g/mol. The molecule has 0 aliphatic rings. The summed E-state index contributed by atoms with van der Waals surface area (Å²) in [6.45, 7) is 4.96. The van der Waals surface area contributed by atoms with Gasteiger partial charge >= 0.3 is 12.1 Å². The Hall–Kier alpha value is -1.40. The summed E-state index contributed by atoms with van der Waals surface area (Å²) in [6, 6.07) is -1.13. The van der Waals surface area contributed by atoms with Crippen LogP contribution in [-0.2, 0) is 14.3 Å². The molecule has 0 spiro atoms. The Morgan fingerprint density at radius 3 is 2.17 bits per heavy atom. The van der Waals surface area contributed by atoms with Crippen molar-refractivity contribution in [2.45, 2.75) is 51.7 Å². The number of methoxy groups -OCH3 is 1. The number of carbonyl (C=O) groups is 2. The molecular formula is C11H19F2NO4.